The molecule has 1 aliphatic heterocycles. The molecule has 7 heteroatoms. The lowest BCUT2D eigenvalue weighted by Crippen LogP contribution is -2.25. The van der Waals surface area contributed by atoms with Gasteiger partial charge in [-0.15, -0.1) is 0 Å². The van der Waals surface area contributed by atoms with E-state index >= 15 is 0 Å². The molecule has 1 aromatic heterocycles. The van der Waals surface area contributed by atoms with E-state index < -0.39 is 6.10 Å². The molecule has 0 saturated carbocycles. The van der Waals surface area contributed by atoms with Crippen molar-refractivity contribution in [3.63, 3.8) is 0 Å². The summed E-state index contributed by atoms with van der Waals surface area (Å²) < 4.78 is 12.6. The van der Waals surface area contributed by atoms with E-state index in [1.54, 1.807) is 18.0 Å². The molecule has 1 N–H and O–H groups in total. The second-order valence-corrected chi connectivity index (χ2v) is 3.95. The van der Waals surface area contributed by atoms with Crippen molar-refractivity contribution in [2.24, 2.45) is 0 Å². The standard InChI is InChI=1S/C9H13N3O3S/c1-14-3-7-6(13)2-8(15-7)12-5-10-4-11-9(12)16/h4-8,13H,2-3H2,1H3/t6?,7-,8-/m1/s1. The third kappa shape index (κ3) is 2.27. The van der Waals surface area contributed by atoms with Gasteiger partial charge in [0.15, 0.2) is 0 Å². The summed E-state index contributed by atoms with van der Waals surface area (Å²) in [5, 5.41) is 9.75. The Labute approximate surface area is 97.9 Å². The fraction of sp³-hybridized carbons (Fsp3) is 0.667. The number of aromatic nitrogens is 3. The van der Waals surface area contributed by atoms with Crippen molar-refractivity contribution >= 4 is 12.2 Å². The molecule has 3 atom stereocenters. The molecule has 0 bridgehead atoms. The number of nitrogens with zero attached hydrogens (tertiary/aromatic N) is 3. The molecular formula is C9H13N3O3S. The number of methoxy groups -OCH3 is 1. The van der Waals surface area contributed by atoms with E-state index in [-0.39, 0.29) is 12.3 Å². The van der Waals surface area contributed by atoms with E-state index in [1.807, 2.05) is 0 Å². The molecule has 1 unspecified atom stereocenters. The maximum atomic E-state index is 9.75. The van der Waals surface area contributed by atoms with Crippen LogP contribution in [-0.2, 0) is 9.47 Å². The molecular weight excluding hydrogens is 230 g/mol. The van der Waals surface area contributed by atoms with Crippen LogP contribution in [0, 0.1) is 4.77 Å². The van der Waals surface area contributed by atoms with Crippen LogP contribution < -0.4 is 0 Å². The van der Waals surface area contributed by atoms with Gasteiger partial charge in [-0.1, -0.05) is 0 Å². The number of hydrogen-bond donors (Lipinski definition) is 1. The fourth-order valence-corrected chi connectivity index (χ4v) is 1.91. The highest BCUT2D eigenvalue weighted by atomic mass is 32.1. The third-order valence-corrected chi connectivity index (χ3v) is 2.81. The van der Waals surface area contributed by atoms with E-state index in [0.29, 0.717) is 17.8 Å². The molecule has 1 saturated heterocycles. The van der Waals surface area contributed by atoms with Crippen molar-refractivity contribution < 1.29 is 14.6 Å². The second-order valence-electron chi connectivity index (χ2n) is 3.59. The Morgan fingerprint density at radius 3 is 3.25 bits per heavy atom. The lowest BCUT2D eigenvalue weighted by atomic mass is 10.2. The Bertz CT molecular complexity index is 411. The largest absolute Gasteiger partial charge is 0.390 e. The van der Waals surface area contributed by atoms with Gasteiger partial charge < -0.3 is 14.6 Å². The van der Waals surface area contributed by atoms with E-state index in [9.17, 15) is 5.11 Å². The van der Waals surface area contributed by atoms with E-state index in [1.165, 1.54) is 6.33 Å². The predicted octanol–water partition coefficient (Wildman–Crippen LogP) is 0.302. The van der Waals surface area contributed by atoms with Crippen LogP contribution in [0.2, 0.25) is 0 Å². The van der Waals surface area contributed by atoms with Gasteiger partial charge in [-0.25, -0.2) is 9.97 Å². The van der Waals surface area contributed by atoms with Crippen molar-refractivity contribution in [3.05, 3.63) is 17.4 Å². The lowest BCUT2D eigenvalue weighted by Gasteiger charge is -2.15. The minimum absolute atomic E-state index is 0.316. The molecule has 88 valence electrons. The Hall–Kier alpha value is -0.890. The van der Waals surface area contributed by atoms with Crippen LogP contribution in [0.3, 0.4) is 0 Å². The molecule has 1 aromatic rings. The molecule has 0 amide bonds. The average molecular weight is 243 g/mol. The van der Waals surface area contributed by atoms with Crippen LogP contribution in [0.25, 0.3) is 0 Å². The predicted molar refractivity (Wildman–Crippen MR) is 57.3 cm³/mol. The molecule has 0 aromatic carbocycles. The zero-order valence-corrected chi connectivity index (χ0v) is 9.63. The number of hydrogen-bond acceptors (Lipinski definition) is 6. The van der Waals surface area contributed by atoms with Crippen LogP contribution in [-0.4, -0.2) is 45.6 Å². The van der Waals surface area contributed by atoms with Gasteiger partial charge in [0.2, 0.25) is 4.77 Å². The number of aliphatic hydroxyl groups is 1. The summed E-state index contributed by atoms with van der Waals surface area (Å²) in [4.78, 5) is 7.77. The summed E-state index contributed by atoms with van der Waals surface area (Å²) in [5.41, 5.74) is 0. The van der Waals surface area contributed by atoms with Crippen molar-refractivity contribution in [2.45, 2.75) is 24.9 Å². The molecule has 2 heterocycles. The monoisotopic (exact) mass is 243 g/mol. The van der Waals surface area contributed by atoms with Gasteiger partial charge in [0, 0.05) is 13.5 Å². The van der Waals surface area contributed by atoms with Crippen molar-refractivity contribution in [1.29, 1.82) is 0 Å². The third-order valence-electron chi connectivity index (χ3n) is 2.49. The molecule has 2 rings (SSSR count). The van der Waals surface area contributed by atoms with Gasteiger partial charge in [-0.2, -0.15) is 0 Å². The van der Waals surface area contributed by atoms with Gasteiger partial charge in [0.25, 0.3) is 0 Å². The van der Waals surface area contributed by atoms with Crippen molar-refractivity contribution in [3.8, 4) is 0 Å². The SMILES string of the molecule is COC[C@H]1O[C@@H](n2cncnc2=S)CC1O. The Morgan fingerprint density at radius 2 is 2.56 bits per heavy atom. The Balaban J connectivity index is 2.14. The molecule has 1 aliphatic rings. The molecule has 0 radical (unpaired) electrons. The average Bonchev–Trinajstić information content (AvgIpc) is 2.61. The number of aliphatic hydroxyl groups excluding tert-OH is 1. The van der Waals surface area contributed by atoms with Gasteiger partial charge in [-0.05, 0) is 12.2 Å². The molecule has 0 aliphatic carbocycles. The smallest absolute Gasteiger partial charge is 0.204 e. The van der Waals surface area contributed by atoms with E-state index in [2.05, 4.69) is 9.97 Å². The summed E-state index contributed by atoms with van der Waals surface area (Å²) in [6.07, 6.45) is 2.22. The zero-order valence-electron chi connectivity index (χ0n) is 8.81. The number of ether oxygens (including phenoxy) is 2. The topological polar surface area (TPSA) is 69.4 Å². The van der Waals surface area contributed by atoms with Crippen LogP contribution in [0.4, 0.5) is 0 Å². The van der Waals surface area contributed by atoms with E-state index in [0.717, 1.165) is 0 Å². The summed E-state index contributed by atoms with van der Waals surface area (Å²) >= 11 is 5.05. The van der Waals surface area contributed by atoms with Gasteiger partial charge >= 0.3 is 0 Å². The van der Waals surface area contributed by atoms with Crippen LogP contribution in [0.15, 0.2) is 12.7 Å². The maximum absolute atomic E-state index is 9.75. The first kappa shape index (κ1) is 11.6. The highest BCUT2D eigenvalue weighted by molar-refractivity contribution is 7.71. The minimum Gasteiger partial charge on any atom is -0.390 e. The molecule has 16 heavy (non-hydrogen) atoms. The number of rotatable bonds is 3. The first-order valence-electron chi connectivity index (χ1n) is 4.93. The van der Waals surface area contributed by atoms with Crippen LogP contribution in [0.5, 0.6) is 0 Å². The minimum atomic E-state index is -0.549. The summed E-state index contributed by atoms with van der Waals surface area (Å²) in [6, 6.07) is 0. The highest BCUT2D eigenvalue weighted by Gasteiger charge is 2.34. The Kier molecular flexibility index (Phi) is 3.59. The van der Waals surface area contributed by atoms with Gasteiger partial charge in [-0.3, -0.25) is 4.57 Å². The zero-order chi connectivity index (χ0) is 11.5. The van der Waals surface area contributed by atoms with Crippen molar-refractivity contribution in [2.75, 3.05) is 13.7 Å². The normalized spacial score (nSPS) is 29.5. The van der Waals surface area contributed by atoms with Crippen LogP contribution >= 0.6 is 12.2 Å². The van der Waals surface area contributed by atoms with Gasteiger partial charge in [0.1, 0.15) is 25.0 Å². The first-order chi connectivity index (χ1) is 7.72. The summed E-state index contributed by atoms with van der Waals surface area (Å²) in [7, 11) is 1.57. The molecule has 0 spiro atoms. The van der Waals surface area contributed by atoms with Gasteiger partial charge in [0.05, 0.1) is 12.7 Å². The fourth-order valence-electron chi connectivity index (χ4n) is 1.70. The summed E-state index contributed by atoms with van der Waals surface area (Å²) in [6.45, 7) is 0.360. The molecule has 1 fully saturated rings. The quantitative estimate of drug-likeness (QED) is 0.770. The Morgan fingerprint density at radius 1 is 1.75 bits per heavy atom. The van der Waals surface area contributed by atoms with Crippen molar-refractivity contribution in [1.82, 2.24) is 14.5 Å². The summed E-state index contributed by atoms with van der Waals surface area (Å²) in [5.74, 6) is 0. The first-order valence-corrected chi connectivity index (χ1v) is 5.34. The van der Waals surface area contributed by atoms with E-state index in [4.69, 9.17) is 21.7 Å². The maximum Gasteiger partial charge on any atom is 0.204 e. The van der Waals surface area contributed by atoms with Crippen LogP contribution in [0.1, 0.15) is 12.6 Å². The lowest BCUT2D eigenvalue weighted by molar-refractivity contribution is -0.0544. The second kappa shape index (κ2) is 4.96. The highest BCUT2D eigenvalue weighted by Crippen LogP contribution is 2.28. The molecule has 6 nitrogen and oxygen atoms in total.